The summed E-state index contributed by atoms with van der Waals surface area (Å²) in [6.07, 6.45) is 5.72. The van der Waals surface area contributed by atoms with E-state index in [1.807, 2.05) is 6.20 Å². The summed E-state index contributed by atoms with van der Waals surface area (Å²) in [5.41, 5.74) is 11.8. The lowest BCUT2D eigenvalue weighted by Crippen LogP contribution is -2.05. The number of nitrogens with two attached hydrogens (primary N) is 1. The number of aryl methyl sites for hydroxylation is 1. The molecule has 3 rings (SSSR count). The van der Waals surface area contributed by atoms with E-state index in [9.17, 15) is 0 Å². The first-order chi connectivity index (χ1) is 9.28. The topological polar surface area (TPSA) is 70.5 Å². The van der Waals surface area contributed by atoms with Crippen LogP contribution in [0.4, 0.5) is 0 Å². The number of hydrogen-bond acceptors (Lipinski definition) is 2. The SMILES string of the molecule is Cc1ccc2c(Cc3cn[nH]c3CCN)c[nH]c2c1. The number of benzene rings is 1. The number of fused-ring (bicyclic) bond motifs is 1. The van der Waals surface area contributed by atoms with E-state index in [-0.39, 0.29) is 0 Å². The van der Waals surface area contributed by atoms with Crippen molar-refractivity contribution in [3.8, 4) is 0 Å². The Morgan fingerprint density at radius 2 is 2.16 bits per heavy atom. The Balaban J connectivity index is 1.94. The molecule has 0 aliphatic carbocycles. The van der Waals surface area contributed by atoms with Gasteiger partial charge in [0.15, 0.2) is 0 Å². The summed E-state index contributed by atoms with van der Waals surface area (Å²) in [5, 5.41) is 8.44. The van der Waals surface area contributed by atoms with Gasteiger partial charge < -0.3 is 10.7 Å². The summed E-state index contributed by atoms with van der Waals surface area (Å²) in [7, 11) is 0. The van der Waals surface area contributed by atoms with Gasteiger partial charge in [-0.25, -0.2) is 0 Å². The number of aromatic nitrogens is 3. The van der Waals surface area contributed by atoms with Crippen molar-refractivity contribution in [2.75, 3.05) is 6.54 Å². The predicted octanol–water partition coefficient (Wildman–Crippen LogP) is 2.29. The highest BCUT2D eigenvalue weighted by atomic mass is 15.1. The van der Waals surface area contributed by atoms with Crippen LogP contribution in [0.3, 0.4) is 0 Å². The fourth-order valence-corrected chi connectivity index (χ4v) is 2.50. The molecule has 3 aromatic rings. The fraction of sp³-hybridized carbons (Fsp3) is 0.267. The van der Waals surface area contributed by atoms with Crippen molar-refractivity contribution in [3.05, 3.63) is 53.0 Å². The van der Waals surface area contributed by atoms with Crippen LogP contribution in [0.15, 0.2) is 30.6 Å². The molecule has 0 unspecified atom stereocenters. The molecule has 98 valence electrons. The average molecular weight is 254 g/mol. The Morgan fingerprint density at radius 1 is 1.26 bits per heavy atom. The van der Waals surface area contributed by atoms with Crippen LogP contribution in [-0.2, 0) is 12.8 Å². The molecular formula is C15H18N4. The van der Waals surface area contributed by atoms with Crippen LogP contribution in [-0.4, -0.2) is 21.7 Å². The van der Waals surface area contributed by atoms with Gasteiger partial charge in [0, 0.05) is 35.6 Å². The van der Waals surface area contributed by atoms with Crippen molar-refractivity contribution in [1.82, 2.24) is 15.2 Å². The van der Waals surface area contributed by atoms with E-state index in [1.165, 1.54) is 27.6 Å². The van der Waals surface area contributed by atoms with E-state index < -0.39 is 0 Å². The molecule has 0 aliphatic heterocycles. The fourth-order valence-electron chi connectivity index (χ4n) is 2.50. The van der Waals surface area contributed by atoms with Crippen molar-refractivity contribution in [1.29, 1.82) is 0 Å². The minimum atomic E-state index is 0.641. The molecule has 0 radical (unpaired) electrons. The van der Waals surface area contributed by atoms with Crippen LogP contribution in [0.5, 0.6) is 0 Å². The third-order valence-corrected chi connectivity index (χ3v) is 3.51. The van der Waals surface area contributed by atoms with Gasteiger partial charge in [0.1, 0.15) is 0 Å². The van der Waals surface area contributed by atoms with Gasteiger partial charge in [-0.2, -0.15) is 5.10 Å². The lowest BCUT2D eigenvalue weighted by Gasteiger charge is -2.01. The summed E-state index contributed by atoms with van der Waals surface area (Å²) < 4.78 is 0. The summed E-state index contributed by atoms with van der Waals surface area (Å²) >= 11 is 0. The molecule has 0 saturated heterocycles. The smallest absolute Gasteiger partial charge is 0.0525 e. The summed E-state index contributed by atoms with van der Waals surface area (Å²) in [6.45, 7) is 2.75. The van der Waals surface area contributed by atoms with Gasteiger partial charge in [0.25, 0.3) is 0 Å². The maximum Gasteiger partial charge on any atom is 0.0525 e. The van der Waals surface area contributed by atoms with E-state index >= 15 is 0 Å². The van der Waals surface area contributed by atoms with Crippen LogP contribution in [0.1, 0.15) is 22.4 Å². The lowest BCUT2D eigenvalue weighted by atomic mass is 10.0. The minimum absolute atomic E-state index is 0.641. The Kier molecular flexibility index (Phi) is 3.09. The first-order valence-corrected chi connectivity index (χ1v) is 6.55. The zero-order chi connectivity index (χ0) is 13.2. The zero-order valence-electron chi connectivity index (χ0n) is 11.0. The van der Waals surface area contributed by atoms with Gasteiger partial charge >= 0.3 is 0 Å². The van der Waals surface area contributed by atoms with E-state index in [2.05, 4.69) is 46.5 Å². The van der Waals surface area contributed by atoms with Gasteiger partial charge in [-0.3, -0.25) is 5.10 Å². The van der Waals surface area contributed by atoms with Crippen molar-refractivity contribution in [3.63, 3.8) is 0 Å². The number of rotatable bonds is 4. The standard InChI is InChI=1S/C15H18N4/c1-10-2-3-13-11(8-17-15(13)6-10)7-12-9-18-19-14(12)4-5-16/h2-3,6,8-9,17H,4-5,7,16H2,1H3,(H,18,19). The van der Waals surface area contributed by atoms with Crippen molar-refractivity contribution in [2.45, 2.75) is 19.8 Å². The molecule has 0 aliphatic rings. The Hall–Kier alpha value is -2.07. The highest BCUT2D eigenvalue weighted by Gasteiger charge is 2.09. The quantitative estimate of drug-likeness (QED) is 0.668. The molecule has 0 bridgehead atoms. The van der Waals surface area contributed by atoms with Gasteiger partial charge in [-0.05, 0) is 36.2 Å². The molecule has 19 heavy (non-hydrogen) atoms. The number of nitrogens with zero attached hydrogens (tertiary/aromatic N) is 1. The highest BCUT2D eigenvalue weighted by molar-refractivity contribution is 5.84. The zero-order valence-corrected chi connectivity index (χ0v) is 11.0. The number of hydrogen-bond donors (Lipinski definition) is 3. The van der Waals surface area contributed by atoms with Crippen LogP contribution >= 0.6 is 0 Å². The molecule has 2 heterocycles. The van der Waals surface area contributed by atoms with Gasteiger partial charge in [-0.1, -0.05) is 12.1 Å². The second kappa shape index (κ2) is 4.90. The first kappa shape index (κ1) is 12.0. The maximum absolute atomic E-state index is 5.62. The van der Waals surface area contributed by atoms with Gasteiger partial charge in [-0.15, -0.1) is 0 Å². The molecule has 1 aromatic carbocycles. The van der Waals surface area contributed by atoms with E-state index in [1.54, 1.807) is 0 Å². The highest BCUT2D eigenvalue weighted by Crippen LogP contribution is 2.22. The van der Waals surface area contributed by atoms with Crippen molar-refractivity contribution >= 4 is 10.9 Å². The third-order valence-electron chi connectivity index (χ3n) is 3.51. The van der Waals surface area contributed by atoms with E-state index in [0.717, 1.165) is 18.5 Å². The average Bonchev–Trinajstić information content (AvgIpc) is 2.98. The normalized spacial score (nSPS) is 11.3. The number of aromatic amines is 2. The summed E-state index contributed by atoms with van der Waals surface area (Å²) in [5.74, 6) is 0. The lowest BCUT2D eigenvalue weighted by molar-refractivity contribution is 0.890. The molecule has 0 atom stereocenters. The van der Waals surface area contributed by atoms with Crippen LogP contribution in [0, 0.1) is 6.92 Å². The summed E-state index contributed by atoms with van der Waals surface area (Å²) in [4.78, 5) is 3.34. The van der Waals surface area contributed by atoms with Gasteiger partial charge in [0.2, 0.25) is 0 Å². The predicted molar refractivity (Wildman–Crippen MR) is 77.2 cm³/mol. The maximum atomic E-state index is 5.62. The molecule has 0 amide bonds. The van der Waals surface area contributed by atoms with Crippen LogP contribution < -0.4 is 5.73 Å². The Labute approximate surface area is 112 Å². The largest absolute Gasteiger partial charge is 0.361 e. The third kappa shape index (κ3) is 2.27. The van der Waals surface area contributed by atoms with Crippen molar-refractivity contribution < 1.29 is 0 Å². The second-order valence-corrected chi connectivity index (χ2v) is 4.95. The molecule has 2 aromatic heterocycles. The Bertz CT molecular complexity index is 693. The molecule has 4 N–H and O–H groups in total. The van der Waals surface area contributed by atoms with Crippen LogP contribution in [0.25, 0.3) is 10.9 Å². The Morgan fingerprint density at radius 3 is 3.00 bits per heavy atom. The van der Waals surface area contributed by atoms with E-state index in [0.29, 0.717) is 6.54 Å². The number of nitrogens with one attached hydrogen (secondary N) is 2. The monoisotopic (exact) mass is 254 g/mol. The van der Waals surface area contributed by atoms with Crippen molar-refractivity contribution in [2.24, 2.45) is 5.73 Å². The molecule has 4 heteroatoms. The van der Waals surface area contributed by atoms with Gasteiger partial charge in [0.05, 0.1) is 6.20 Å². The second-order valence-electron chi connectivity index (χ2n) is 4.95. The molecule has 4 nitrogen and oxygen atoms in total. The molecule has 0 saturated carbocycles. The van der Waals surface area contributed by atoms with Crippen LogP contribution in [0.2, 0.25) is 0 Å². The molecule has 0 spiro atoms. The first-order valence-electron chi connectivity index (χ1n) is 6.55. The molecular weight excluding hydrogens is 236 g/mol. The summed E-state index contributed by atoms with van der Waals surface area (Å²) in [6, 6.07) is 6.50. The minimum Gasteiger partial charge on any atom is -0.361 e. The van der Waals surface area contributed by atoms with E-state index in [4.69, 9.17) is 5.73 Å². The molecule has 0 fully saturated rings. The number of H-pyrrole nitrogens is 2.